The summed E-state index contributed by atoms with van der Waals surface area (Å²) < 4.78 is 4.97. The van der Waals surface area contributed by atoms with E-state index in [9.17, 15) is 9.59 Å². The molecule has 22 heavy (non-hydrogen) atoms. The zero-order chi connectivity index (χ0) is 16.4. The summed E-state index contributed by atoms with van der Waals surface area (Å²) in [6.45, 7) is 0.402. The van der Waals surface area contributed by atoms with E-state index in [-0.39, 0.29) is 25.5 Å². The number of guanidine groups is 1. The zero-order valence-electron chi connectivity index (χ0n) is 12.1. The number of carboxylic acids is 1. The standard InChI is InChI=1S/C14H20N4O4/c15-11(12(19)20)7-4-8-17-13(16)18-14(21)22-9-10-5-2-1-3-6-10/h1-3,5-6,11H,4,7-9,15H2,(H,19,20)(H3,16,17,18,21)/t11-/m0/s1. The number of aliphatic imine (C=N–C) groups is 1. The van der Waals surface area contributed by atoms with Gasteiger partial charge < -0.3 is 21.3 Å². The van der Waals surface area contributed by atoms with E-state index in [0.717, 1.165) is 5.56 Å². The van der Waals surface area contributed by atoms with Crippen molar-refractivity contribution in [3.05, 3.63) is 35.9 Å². The molecule has 0 heterocycles. The van der Waals surface area contributed by atoms with Crippen molar-refractivity contribution < 1.29 is 19.4 Å². The molecule has 1 amide bonds. The number of nitrogens with one attached hydrogen (secondary N) is 1. The Balaban J connectivity index is 2.22. The average Bonchev–Trinajstić information content (AvgIpc) is 2.50. The first-order chi connectivity index (χ1) is 10.5. The molecule has 0 spiro atoms. The molecule has 1 aromatic carbocycles. The lowest BCUT2D eigenvalue weighted by Crippen LogP contribution is -2.37. The number of carbonyl (C=O) groups is 2. The first-order valence-corrected chi connectivity index (χ1v) is 6.75. The van der Waals surface area contributed by atoms with Gasteiger partial charge >= 0.3 is 12.1 Å². The molecular formula is C14H20N4O4. The molecule has 6 N–H and O–H groups in total. The third-order valence-electron chi connectivity index (χ3n) is 2.72. The van der Waals surface area contributed by atoms with Gasteiger partial charge in [-0.25, -0.2) is 4.79 Å². The first-order valence-electron chi connectivity index (χ1n) is 6.75. The van der Waals surface area contributed by atoms with Gasteiger partial charge in [-0.15, -0.1) is 0 Å². The van der Waals surface area contributed by atoms with E-state index in [1.807, 2.05) is 30.3 Å². The van der Waals surface area contributed by atoms with Crippen LogP contribution in [0, 0.1) is 0 Å². The lowest BCUT2D eigenvalue weighted by molar-refractivity contribution is -0.138. The van der Waals surface area contributed by atoms with E-state index in [1.54, 1.807) is 0 Å². The van der Waals surface area contributed by atoms with Gasteiger partial charge in [-0.1, -0.05) is 30.3 Å². The van der Waals surface area contributed by atoms with Gasteiger partial charge in [0.15, 0.2) is 5.96 Å². The molecule has 1 aromatic rings. The molecule has 0 unspecified atom stereocenters. The Hall–Kier alpha value is -2.61. The number of benzene rings is 1. The Labute approximate surface area is 128 Å². The normalized spacial score (nSPS) is 12.5. The Morgan fingerprint density at radius 3 is 2.64 bits per heavy atom. The van der Waals surface area contributed by atoms with Gasteiger partial charge in [0.1, 0.15) is 12.6 Å². The number of rotatable bonds is 7. The number of carbonyl (C=O) groups excluding carboxylic acids is 1. The van der Waals surface area contributed by atoms with Crippen molar-refractivity contribution in [2.45, 2.75) is 25.5 Å². The largest absolute Gasteiger partial charge is 0.480 e. The third-order valence-corrected chi connectivity index (χ3v) is 2.72. The van der Waals surface area contributed by atoms with Crippen LogP contribution in [-0.4, -0.2) is 35.7 Å². The van der Waals surface area contributed by atoms with Gasteiger partial charge in [0.05, 0.1) is 0 Å². The summed E-state index contributed by atoms with van der Waals surface area (Å²) in [7, 11) is 0. The molecule has 0 aliphatic heterocycles. The molecule has 0 saturated carbocycles. The number of nitrogens with two attached hydrogens (primary N) is 2. The highest BCUT2D eigenvalue weighted by Gasteiger charge is 2.10. The summed E-state index contributed by atoms with van der Waals surface area (Å²) in [5.74, 6) is -1.14. The molecule has 0 saturated heterocycles. The van der Waals surface area contributed by atoms with E-state index in [0.29, 0.717) is 6.42 Å². The second kappa shape index (κ2) is 9.35. The highest BCUT2D eigenvalue weighted by atomic mass is 16.5. The predicted octanol–water partition coefficient (Wildman–Crippen LogP) is 0.420. The maximum absolute atomic E-state index is 11.5. The molecule has 1 rings (SSSR count). The number of alkyl carbamates (subject to hydrolysis) is 1. The van der Waals surface area contributed by atoms with Crippen molar-refractivity contribution in [1.29, 1.82) is 0 Å². The second-order valence-electron chi connectivity index (χ2n) is 4.54. The molecule has 0 aromatic heterocycles. The van der Waals surface area contributed by atoms with Crippen LogP contribution >= 0.6 is 0 Å². The number of hydrogen-bond donors (Lipinski definition) is 4. The molecule has 120 valence electrons. The first kappa shape index (κ1) is 17.4. The highest BCUT2D eigenvalue weighted by Crippen LogP contribution is 2.00. The van der Waals surface area contributed by atoms with Crippen LogP contribution in [0.2, 0.25) is 0 Å². The van der Waals surface area contributed by atoms with E-state index >= 15 is 0 Å². The fourth-order valence-electron chi connectivity index (χ4n) is 1.54. The number of amides is 1. The quantitative estimate of drug-likeness (QED) is 0.327. The Bertz CT molecular complexity index is 519. The summed E-state index contributed by atoms with van der Waals surface area (Å²) >= 11 is 0. The van der Waals surface area contributed by atoms with Crippen LogP contribution < -0.4 is 16.8 Å². The van der Waals surface area contributed by atoms with Crippen molar-refractivity contribution >= 4 is 18.0 Å². The molecule has 0 aliphatic carbocycles. The number of aliphatic carboxylic acids is 1. The molecule has 0 bridgehead atoms. The van der Waals surface area contributed by atoms with Crippen LogP contribution in [0.3, 0.4) is 0 Å². The fraction of sp³-hybridized carbons (Fsp3) is 0.357. The van der Waals surface area contributed by atoms with Crippen molar-refractivity contribution in [1.82, 2.24) is 5.32 Å². The van der Waals surface area contributed by atoms with Gasteiger partial charge in [0.2, 0.25) is 0 Å². The van der Waals surface area contributed by atoms with Crippen LogP contribution in [-0.2, 0) is 16.1 Å². The molecular weight excluding hydrogens is 288 g/mol. The Kier molecular flexibility index (Phi) is 7.41. The average molecular weight is 308 g/mol. The van der Waals surface area contributed by atoms with Gasteiger partial charge in [-0.3, -0.25) is 15.1 Å². The third kappa shape index (κ3) is 7.25. The van der Waals surface area contributed by atoms with E-state index in [1.165, 1.54) is 0 Å². The van der Waals surface area contributed by atoms with Crippen LogP contribution in [0.4, 0.5) is 4.79 Å². The maximum atomic E-state index is 11.5. The predicted molar refractivity (Wildman–Crippen MR) is 81.1 cm³/mol. The van der Waals surface area contributed by atoms with Gasteiger partial charge in [0, 0.05) is 6.54 Å². The molecule has 0 fully saturated rings. The fourth-order valence-corrected chi connectivity index (χ4v) is 1.54. The monoisotopic (exact) mass is 308 g/mol. The van der Waals surface area contributed by atoms with Crippen molar-refractivity contribution in [2.24, 2.45) is 16.5 Å². The lowest BCUT2D eigenvalue weighted by atomic mass is 10.2. The second-order valence-corrected chi connectivity index (χ2v) is 4.54. The molecule has 8 nitrogen and oxygen atoms in total. The molecule has 1 atom stereocenters. The Morgan fingerprint density at radius 1 is 1.32 bits per heavy atom. The molecule has 0 radical (unpaired) electrons. The van der Waals surface area contributed by atoms with Crippen LogP contribution in [0.5, 0.6) is 0 Å². The van der Waals surface area contributed by atoms with E-state index < -0.39 is 18.1 Å². The summed E-state index contributed by atoms with van der Waals surface area (Å²) in [6, 6.07) is 8.29. The zero-order valence-corrected chi connectivity index (χ0v) is 12.1. The topological polar surface area (TPSA) is 140 Å². The maximum Gasteiger partial charge on any atom is 0.414 e. The minimum atomic E-state index is -1.06. The van der Waals surface area contributed by atoms with Crippen molar-refractivity contribution in [3.63, 3.8) is 0 Å². The molecule has 0 aliphatic rings. The molecule has 8 heteroatoms. The lowest BCUT2D eigenvalue weighted by Gasteiger charge is -2.07. The minimum absolute atomic E-state index is 0.0815. The summed E-state index contributed by atoms with van der Waals surface area (Å²) in [4.78, 5) is 25.9. The summed E-state index contributed by atoms with van der Waals surface area (Å²) in [5, 5.41) is 10.9. The van der Waals surface area contributed by atoms with Crippen LogP contribution in [0.15, 0.2) is 35.3 Å². The van der Waals surface area contributed by atoms with Crippen molar-refractivity contribution in [2.75, 3.05) is 6.54 Å². The van der Waals surface area contributed by atoms with Gasteiger partial charge in [-0.2, -0.15) is 0 Å². The number of carboxylic acid groups (broad SMARTS) is 1. The Morgan fingerprint density at radius 2 is 2.00 bits per heavy atom. The van der Waals surface area contributed by atoms with Gasteiger partial charge in [0.25, 0.3) is 0 Å². The van der Waals surface area contributed by atoms with E-state index in [4.69, 9.17) is 21.3 Å². The van der Waals surface area contributed by atoms with Crippen LogP contribution in [0.1, 0.15) is 18.4 Å². The smallest absolute Gasteiger partial charge is 0.414 e. The van der Waals surface area contributed by atoms with Gasteiger partial charge in [-0.05, 0) is 18.4 Å². The number of hydrogen-bond acceptors (Lipinski definition) is 5. The summed E-state index contributed by atoms with van der Waals surface area (Å²) in [6.07, 6.45) is 0.0341. The SMILES string of the molecule is NC(=NCCC[C@H](N)C(=O)O)NC(=O)OCc1ccccc1. The number of ether oxygens (including phenoxy) is 1. The minimum Gasteiger partial charge on any atom is -0.480 e. The van der Waals surface area contributed by atoms with Crippen LogP contribution in [0.25, 0.3) is 0 Å². The van der Waals surface area contributed by atoms with Crippen molar-refractivity contribution in [3.8, 4) is 0 Å². The van der Waals surface area contributed by atoms with E-state index in [2.05, 4.69) is 10.3 Å². The summed E-state index contributed by atoms with van der Waals surface area (Å²) in [5.41, 5.74) is 11.7. The highest BCUT2D eigenvalue weighted by molar-refractivity contribution is 5.92. The number of nitrogens with zero attached hydrogens (tertiary/aromatic N) is 1.